The number of ether oxygens (including phenoxy) is 2. The Balaban J connectivity index is 1.90. The summed E-state index contributed by atoms with van der Waals surface area (Å²) in [5.74, 6) is 0.957. The number of carbonyl (C=O) groups excluding carboxylic acids is 1. The Kier molecular flexibility index (Phi) is 8.74. The van der Waals surface area contributed by atoms with Crippen LogP contribution in [0.4, 0.5) is 0 Å². The number of benzene rings is 2. The summed E-state index contributed by atoms with van der Waals surface area (Å²) in [6.45, 7) is 4.35. The molecule has 0 fully saturated rings. The van der Waals surface area contributed by atoms with Crippen LogP contribution in [0.1, 0.15) is 58.8 Å². The lowest BCUT2D eigenvalue weighted by molar-refractivity contribution is -0.131. The normalized spacial score (nSPS) is 10.5. The van der Waals surface area contributed by atoms with E-state index in [1.54, 1.807) is 0 Å². The van der Waals surface area contributed by atoms with E-state index in [1.807, 2.05) is 48.5 Å². The van der Waals surface area contributed by atoms with Gasteiger partial charge in [-0.3, -0.25) is 4.79 Å². The first kappa shape index (κ1) is 20.0. The molecule has 0 heterocycles. The van der Waals surface area contributed by atoms with Crippen LogP contribution in [-0.4, -0.2) is 12.6 Å². The van der Waals surface area contributed by atoms with Gasteiger partial charge in [-0.15, -0.1) is 0 Å². The molecule has 2 aromatic carbocycles. The molecule has 0 aromatic heterocycles. The molecule has 26 heavy (non-hydrogen) atoms. The van der Waals surface area contributed by atoms with Gasteiger partial charge >= 0.3 is 5.97 Å². The molecule has 2 rings (SSSR count). The lowest BCUT2D eigenvalue weighted by Crippen LogP contribution is -2.04. The summed E-state index contributed by atoms with van der Waals surface area (Å²) in [4.78, 5) is 11.5. The molecule has 3 heteroatoms. The monoisotopic (exact) mass is 354 g/mol. The molecule has 0 saturated heterocycles. The van der Waals surface area contributed by atoms with Crippen molar-refractivity contribution in [3.8, 4) is 22.6 Å². The first-order valence-electron chi connectivity index (χ1n) is 9.71. The molecule has 0 amide bonds. The highest BCUT2D eigenvalue weighted by molar-refractivity contribution is 5.77. The van der Waals surface area contributed by atoms with Gasteiger partial charge < -0.3 is 9.47 Å². The van der Waals surface area contributed by atoms with Gasteiger partial charge in [-0.25, -0.2) is 0 Å². The summed E-state index contributed by atoms with van der Waals surface area (Å²) in [7, 11) is 0. The average Bonchev–Trinajstić information content (AvgIpc) is 2.64. The molecule has 0 spiro atoms. The Labute approximate surface area is 157 Å². The van der Waals surface area contributed by atoms with E-state index < -0.39 is 0 Å². The van der Waals surface area contributed by atoms with Crippen molar-refractivity contribution in [2.75, 3.05) is 6.61 Å². The minimum atomic E-state index is -0.327. The van der Waals surface area contributed by atoms with Gasteiger partial charge in [-0.05, 0) is 24.1 Å². The van der Waals surface area contributed by atoms with Crippen LogP contribution in [0.25, 0.3) is 11.1 Å². The SMILES string of the molecule is CCCCCCCCCOc1ccc(-c2ccccc2)c(OC(C)=O)c1. The average molecular weight is 354 g/mol. The highest BCUT2D eigenvalue weighted by atomic mass is 16.5. The summed E-state index contributed by atoms with van der Waals surface area (Å²) in [5, 5.41) is 0. The summed E-state index contributed by atoms with van der Waals surface area (Å²) in [5.41, 5.74) is 1.91. The van der Waals surface area contributed by atoms with Crippen molar-refractivity contribution in [3.63, 3.8) is 0 Å². The van der Waals surface area contributed by atoms with E-state index in [0.29, 0.717) is 12.4 Å². The van der Waals surface area contributed by atoms with Crippen molar-refractivity contribution >= 4 is 5.97 Å². The van der Waals surface area contributed by atoms with Crippen LogP contribution in [0.5, 0.6) is 11.5 Å². The molecule has 0 radical (unpaired) electrons. The Morgan fingerprint density at radius 2 is 1.58 bits per heavy atom. The van der Waals surface area contributed by atoms with E-state index in [1.165, 1.54) is 45.4 Å². The molecule has 0 aliphatic heterocycles. The summed E-state index contributed by atoms with van der Waals surface area (Å²) in [6, 6.07) is 15.6. The standard InChI is InChI=1S/C23H30O3/c1-3-4-5-6-7-8-12-17-25-21-15-16-22(20-13-10-9-11-14-20)23(18-21)26-19(2)24/h9-11,13-16,18H,3-8,12,17H2,1-2H3. The van der Waals surface area contributed by atoms with Crippen LogP contribution in [0.15, 0.2) is 48.5 Å². The fourth-order valence-electron chi connectivity index (χ4n) is 2.94. The molecule has 3 nitrogen and oxygen atoms in total. The van der Waals surface area contributed by atoms with Crippen molar-refractivity contribution in [2.45, 2.75) is 58.8 Å². The van der Waals surface area contributed by atoms with Crippen molar-refractivity contribution in [1.29, 1.82) is 0 Å². The van der Waals surface area contributed by atoms with Crippen molar-refractivity contribution in [1.82, 2.24) is 0 Å². The van der Waals surface area contributed by atoms with Crippen LogP contribution in [0.3, 0.4) is 0 Å². The van der Waals surface area contributed by atoms with Gasteiger partial charge in [0.1, 0.15) is 11.5 Å². The summed E-state index contributed by atoms with van der Waals surface area (Å²) >= 11 is 0. The number of rotatable bonds is 11. The predicted molar refractivity (Wildman–Crippen MR) is 107 cm³/mol. The van der Waals surface area contributed by atoms with Gasteiger partial charge in [0.15, 0.2) is 0 Å². The van der Waals surface area contributed by atoms with Crippen LogP contribution in [0.2, 0.25) is 0 Å². The molecular formula is C23H30O3. The number of esters is 1. The second-order valence-electron chi connectivity index (χ2n) is 6.59. The molecule has 0 atom stereocenters. The largest absolute Gasteiger partial charge is 0.493 e. The Bertz CT molecular complexity index is 664. The molecule has 140 valence electrons. The zero-order chi connectivity index (χ0) is 18.6. The summed E-state index contributed by atoms with van der Waals surface area (Å²) in [6.07, 6.45) is 8.79. The van der Waals surface area contributed by atoms with E-state index in [-0.39, 0.29) is 5.97 Å². The third-order valence-corrected chi connectivity index (χ3v) is 4.31. The number of hydrogen-bond donors (Lipinski definition) is 0. The second-order valence-corrected chi connectivity index (χ2v) is 6.59. The van der Waals surface area contributed by atoms with E-state index in [2.05, 4.69) is 6.92 Å². The molecule has 0 saturated carbocycles. The van der Waals surface area contributed by atoms with Crippen LogP contribution in [-0.2, 0) is 4.79 Å². The van der Waals surface area contributed by atoms with Crippen molar-refractivity contribution < 1.29 is 14.3 Å². The van der Waals surface area contributed by atoms with E-state index in [4.69, 9.17) is 9.47 Å². The maximum Gasteiger partial charge on any atom is 0.308 e. The maximum atomic E-state index is 11.5. The minimum Gasteiger partial charge on any atom is -0.493 e. The topological polar surface area (TPSA) is 35.5 Å². The van der Waals surface area contributed by atoms with Gasteiger partial charge in [0, 0.05) is 18.6 Å². The predicted octanol–water partition coefficient (Wildman–Crippen LogP) is 6.41. The van der Waals surface area contributed by atoms with Crippen molar-refractivity contribution in [3.05, 3.63) is 48.5 Å². The van der Waals surface area contributed by atoms with Crippen LogP contribution < -0.4 is 9.47 Å². The molecular weight excluding hydrogens is 324 g/mol. The van der Waals surface area contributed by atoms with Gasteiger partial charge in [-0.2, -0.15) is 0 Å². The van der Waals surface area contributed by atoms with Gasteiger partial charge in [-0.1, -0.05) is 75.8 Å². The molecule has 0 unspecified atom stereocenters. The Morgan fingerprint density at radius 1 is 0.885 bits per heavy atom. The van der Waals surface area contributed by atoms with Crippen molar-refractivity contribution in [2.24, 2.45) is 0 Å². The first-order chi connectivity index (χ1) is 12.7. The number of carbonyl (C=O) groups is 1. The first-order valence-corrected chi connectivity index (χ1v) is 9.71. The minimum absolute atomic E-state index is 0.327. The Morgan fingerprint density at radius 3 is 2.27 bits per heavy atom. The van der Waals surface area contributed by atoms with Gasteiger partial charge in [0.2, 0.25) is 0 Å². The lowest BCUT2D eigenvalue weighted by atomic mass is 10.0. The maximum absolute atomic E-state index is 11.5. The van der Waals surface area contributed by atoms with E-state index in [0.717, 1.165) is 23.3 Å². The third kappa shape index (κ3) is 6.91. The molecule has 0 aliphatic carbocycles. The second kappa shape index (κ2) is 11.3. The molecule has 0 bridgehead atoms. The smallest absolute Gasteiger partial charge is 0.308 e. The highest BCUT2D eigenvalue weighted by Gasteiger charge is 2.10. The number of hydrogen-bond acceptors (Lipinski definition) is 3. The zero-order valence-corrected chi connectivity index (χ0v) is 16.0. The van der Waals surface area contributed by atoms with E-state index >= 15 is 0 Å². The van der Waals surface area contributed by atoms with Crippen LogP contribution >= 0.6 is 0 Å². The third-order valence-electron chi connectivity index (χ3n) is 4.31. The fourth-order valence-corrected chi connectivity index (χ4v) is 2.94. The zero-order valence-electron chi connectivity index (χ0n) is 16.0. The Hall–Kier alpha value is -2.29. The highest BCUT2D eigenvalue weighted by Crippen LogP contribution is 2.33. The van der Waals surface area contributed by atoms with Crippen LogP contribution in [0, 0.1) is 0 Å². The molecule has 0 N–H and O–H groups in total. The molecule has 2 aromatic rings. The number of unbranched alkanes of at least 4 members (excludes halogenated alkanes) is 6. The lowest BCUT2D eigenvalue weighted by Gasteiger charge is -2.12. The quantitative estimate of drug-likeness (QED) is 0.266. The van der Waals surface area contributed by atoms with E-state index in [9.17, 15) is 4.79 Å². The van der Waals surface area contributed by atoms with Gasteiger partial charge in [0.05, 0.1) is 6.61 Å². The molecule has 0 aliphatic rings. The fraction of sp³-hybridized carbons (Fsp3) is 0.435. The van der Waals surface area contributed by atoms with Gasteiger partial charge in [0.25, 0.3) is 0 Å². The summed E-state index contributed by atoms with van der Waals surface area (Å²) < 4.78 is 11.3.